The normalized spacial score (nSPS) is 36.0. The monoisotopic (exact) mass is 375 g/mol. The first-order chi connectivity index (χ1) is 13.0. The summed E-state index contributed by atoms with van der Waals surface area (Å²) in [5.41, 5.74) is -0.0371. The van der Waals surface area contributed by atoms with Gasteiger partial charge in [-0.3, -0.25) is 14.5 Å². The molecular weight excluding hydrogens is 338 g/mol. The van der Waals surface area contributed by atoms with Gasteiger partial charge in [0.25, 0.3) is 0 Å². The summed E-state index contributed by atoms with van der Waals surface area (Å²) in [4.78, 5) is 29.7. The Morgan fingerprint density at radius 1 is 0.963 bits per heavy atom. The van der Waals surface area contributed by atoms with Gasteiger partial charge in [-0.25, -0.2) is 0 Å². The van der Waals surface area contributed by atoms with Gasteiger partial charge in [-0.05, 0) is 83.0 Å². The summed E-state index contributed by atoms with van der Waals surface area (Å²) in [6, 6.07) is 0.297. The lowest BCUT2D eigenvalue weighted by Crippen LogP contribution is -2.56. The zero-order valence-electron chi connectivity index (χ0n) is 17.2. The van der Waals surface area contributed by atoms with Gasteiger partial charge >= 0.3 is 0 Å². The van der Waals surface area contributed by atoms with Crippen molar-refractivity contribution in [2.45, 2.75) is 71.3 Å². The quantitative estimate of drug-likeness (QED) is 0.776. The van der Waals surface area contributed by atoms with Crippen molar-refractivity contribution in [1.29, 1.82) is 0 Å². The van der Waals surface area contributed by atoms with Gasteiger partial charge in [0.15, 0.2) is 0 Å². The van der Waals surface area contributed by atoms with Crippen LogP contribution in [0.5, 0.6) is 0 Å². The first-order valence-electron chi connectivity index (χ1n) is 11.3. The van der Waals surface area contributed by atoms with Gasteiger partial charge in [-0.15, -0.1) is 0 Å². The molecule has 0 radical (unpaired) electrons. The predicted molar refractivity (Wildman–Crippen MR) is 106 cm³/mol. The highest BCUT2D eigenvalue weighted by atomic mass is 16.2. The lowest BCUT2D eigenvalue weighted by molar-refractivity contribution is -0.147. The third-order valence-electron chi connectivity index (χ3n) is 7.92. The number of hydrogen-bond acceptors (Lipinski definition) is 3. The molecule has 5 nitrogen and oxygen atoms in total. The van der Waals surface area contributed by atoms with Crippen LogP contribution in [0, 0.1) is 23.2 Å². The molecule has 152 valence electrons. The van der Waals surface area contributed by atoms with Crippen LogP contribution >= 0.6 is 0 Å². The van der Waals surface area contributed by atoms with Gasteiger partial charge in [-0.1, -0.05) is 0 Å². The third-order valence-corrected chi connectivity index (χ3v) is 7.92. The number of piperidine rings is 1. The Kier molecular flexibility index (Phi) is 5.50. The Morgan fingerprint density at radius 2 is 1.48 bits per heavy atom. The van der Waals surface area contributed by atoms with Crippen molar-refractivity contribution in [2.24, 2.45) is 23.2 Å². The molecule has 1 aliphatic heterocycles. The molecule has 4 saturated carbocycles. The number of likely N-dealkylation sites (N-methyl/N-ethyl adjacent to an activating group) is 1. The molecule has 0 spiro atoms. The number of carbonyl (C=O) groups excluding carboxylic acids is 2. The molecule has 5 fully saturated rings. The zero-order valence-corrected chi connectivity index (χ0v) is 17.2. The minimum Gasteiger partial charge on any atom is -0.353 e. The highest BCUT2D eigenvalue weighted by molar-refractivity contribution is 5.83. The molecule has 5 rings (SSSR count). The largest absolute Gasteiger partial charge is 0.353 e. The van der Waals surface area contributed by atoms with E-state index in [1.54, 1.807) is 0 Å². The van der Waals surface area contributed by atoms with Crippen molar-refractivity contribution in [3.8, 4) is 0 Å². The number of nitrogens with one attached hydrogen (secondary N) is 1. The maximum atomic E-state index is 13.2. The van der Waals surface area contributed by atoms with E-state index in [-0.39, 0.29) is 11.3 Å². The summed E-state index contributed by atoms with van der Waals surface area (Å²) in [5.74, 6) is 3.04. The summed E-state index contributed by atoms with van der Waals surface area (Å²) in [6.45, 7) is 8.00. The summed E-state index contributed by atoms with van der Waals surface area (Å²) >= 11 is 0. The van der Waals surface area contributed by atoms with E-state index < -0.39 is 0 Å². The number of nitrogens with zero attached hydrogens (tertiary/aromatic N) is 2. The molecule has 4 aliphatic carbocycles. The van der Waals surface area contributed by atoms with Crippen LogP contribution in [0.3, 0.4) is 0 Å². The molecule has 1 heterocycles. The van der Waals surface area contributed by atoms with Crippen molar-refractivity contribution in [1.82, 2.24) is 15.1 Å². The fourth-order valence-corrected chi connectivity index (χ4v) is 6.83. The Balaban J connectivity index is 1.26. The van der Waals surface area contributed by atoms with E-state index in [1.165, 1.54) is 19.3 Å². The van der Waals surface area contributed by atoms with Crippen LogP contribution in [0.2, 0.25) is 0 Å². The maximum absolute atomic E-state index is 13.2. The van der Waals surface area contributed by atoms with Crippen LogP contribution in [-0.4, -0.2) is 60.4 Å². The molecule has 2 amide bonds. The second kappa shape index (κ2) is 7.73. The Hall–Kier alpha value is -1.10. The average Bonchev–Trinajstić information content (AvgIpc) is 2.63. The van der Waals surface area contributed by atoms with Gasteiger partial charge in [0, 0.05) is 37.6 Å². The minimum absolute atomic E-state index is 0.0371. The van der Waals surface area contributed by atoms with E-state index >= 15 is 0 Å². The van der Waals surface area contributed by atoms with Crippen LogP contribution in [-0.2, 0) is 9.59 Å². The van der Waals surface area contributed by atoms with Gasteiger partial charge < -0.3 is 10.2 Å². The lowest BCUT2D eigenvalue weighted by Gasteiger charge is -2.56. The number of likely N-dealkylation sites (tertiary alicyclic amines) is 1. The Morgan fingerprint density at radius 3 is 1.96 bits per heavy atom. The standard InChI is InChI=1S/C22H37N3O2/c1-3-25(4-2)20(26)15-24-7-5-19(6-8-24)23-21(27)22-12-16-9-17(13-22)11-18(10-16)14-22/h16-19H,3-15H2,1-2H3,(H,23,27). The SMILES string of the molecule is CCN(CC)C(=O)CN1CCC(NC(=O)C23CC4CC(CC(C4)C2)C3)CC1. The van der Waals surface area contributed by atoms with E-state index in [2.05, 4.69) is 10.2 Å². The molecule has 0 aromatic rings. The molecule has 0 aromatic carbocycles. The van der Waals surface area contributed by atoms with Gasteiger partial charge in [0.1, 0.15) is 0 Å². The summed E-state index contributed by atoms with van der Waals surface area (Å²) in [7, 11) is 0. The number of carbonyl (C=O) groups is 2. The summed E-state index contributed by atoms with van der Waals surface area (Å²) in [5, 5.41) is 3.43. The van der Waals surface area contributed by atoms with E-state index in [1.807, 2.05) is 18.7 Å². The van der Waals surface area contributed by atoms with Crippen molar-refractivity contribution in [3.05, 3.63) is 0 Å². The smallest absolute Gasteiger partial charge is 0.236 e. The molecule has 0 aromatic heterocycles. The molecule has 4 bridgehead atoms. The van der Waals surface area contributed by atoms with Crippen molar-refractivity contribution in [3.63, 3.8) is 0 Å². The average molecular weight is 376 g/mol. The van der Waals surface area contributed by atoms with Gasteiger partial charge in [-0.2, -0.15) is 0 Å². The van der Waals surface area contributed by atoms with Crippen molar-refractivity contribution < 1.29 is 9.59 Å². The molecule has 1 N–H and O–H groups in total. The predicted octanol–water partition coefficient (Wildman–Crippen LogP) is 2.65. The molecule has 0 unspecified atom stereocenters. The molecule has 5 heteroatoms. The van der Waals surface area contributed by atoms with Gasteiger partial charge in [0.05, 0.1) is 6.54 Å². The Bertz CT molecular complexity index is 529. The third kappa shape index (κ3) is 3.90. The van der Waals surface area contributed by atoms with Crippen LogP contribution in [0.1, 0.15) is 65.2 Å². The van der Waals surface area contributed by atoms with Crippen molar-refractivity contribution in [2.75, 3.05) is 32.7 Å². The number of hydrogen-bond donors (Lipinski definition) is 1. The fraction of sp³-hybridized carbons (Fsp3) is 0.909. The van der Waals surface area contributed by atoms with E-state index in [9.17, 15) is 9.59 Å². The lowest BCUT2D eigenvalue weighted by atomic mass is 9.49. The van der Waals surface area contributed by atoms with Crippen LogP contribution in [0.4, 0.5) is 0 Å². The van der Waals surface area contributed by atoms with E-state index in [0.29, 0.717) is 18.5 Å². The first-order valence-corrected chi connectivity index (χ1v) is 11.3. The molecular formula is C22H37N3O2. The first kappa shape index (κ1) is 19.2. The second-order valence-corrected chi connectivity index (χ2v) is 9.79. The van der Waals surface area contributed by atoms with Crippen LogP contribution < -0.4 is 5.32 Å². The molecule has 5 aliphatic rings. The molecule has 27 heavy (non-hydrogen) atoms. The zero-order chi connectivity index (χ0) is 19.0. The van der Waals surface area contributed by atoms with Crippen LogP contribution in [0.15, 0.2) is 0 Å². The minimum atomic E-state index is -0.0371. The summed E-state index contributed by atoms with van der Waals surface area (Å²) in [6.07, 6.45) is 9.52. The van der Waals surface area contributed by atoms with Crippen LogP contribution in [0.25, 0.3) is 0 Å². The highest BCUT2D eigenvalue weighted by Gasteiger charge is 2.54. The molecule has 0 atom stereocenters. The van der Waals surface area contributed by atoms with Gasteiger partial charge in [0.2, 0.25) is 11.8 Å². The molecule has 1 saturated heterocycles. The topological polar surface area (TPSA) is 52.7 Å². The van der Waals surface area contributed by atoms with Crippen molar-refractivity contribution >= 4 is 11.8 Å². The highest BCUT2D eigenvalue weighted by Crippen LogP contribution is 2.60. The Labute approximate surface area is 164 Å². The fourth-order valence-electron chi connectivity index (χ4n) is 6.83. The van der Waals surface area contributed by atoms with E-state index in [0.717, 1.165) is 76.0 Å². The maximum Gasteiger partial charge on any atom is 0.236 e. The second-order valence-electron chi connectivity index (χ2n) is 9.79. The van der Waals surface area contributed by atoms with E-state index in [4.69, 9.17) is 0 Å². The summed E-state index contributed by atoms with van der Waals surface area (Å²) < 4.78 is 0. The number of rotatable bonds is 6. The number of amides is 2.